The first-order valence-electron chi connectivity index (χ1n) is 6.51. The average molecular weight is 309 g/mol. The van der Waals surface area contributed by atoms with Gasteiger partial charge in [0.1, 0.15) is 28.2 Å². The van der Waals surface area contributed by atoms with E-state index in [0.29, 0.717) is 46.1 Å². The Morgan fingerprint density at radius 1 is 1.00 bits per heavy atom. The molecule has 1 heterocycles. The number of aromatic nitrogens is 2. The number of ether oxygens (including phenoxy) is 3. The number of hydrogen-bond donors (Lipinski definition) is 0. The van der Waals surface area contributed by atoms with Gasteiger partial charge in [-0.3, -0.25) is 0 Å². The third-order valence-corrected chi connectivity index (χ3v) is 3.31. The number of halogens is 1. The number of rotatable bonds is 5. The molecule has 0 aliphatic heterocycles. The van der Waals surface area contributed by atoms with Gasteiger partial charge in [-0.2, -0.15) is 4.98 Å². The van der Waals surface area contributed by atoms with Crippen molar-refractivity contribution in [2.24, 2.45) is 0 Å². The van der Waals surface area contributed by atoms with Crippen LogP contribution in [0.25, 0.3) is 0 Å². The molecule has 0 saturated carbocycles. The molecule has 1 aromatic heterocycles. The fourth-order valence-electron chi connectivity index (χ4n) is 1.72. The molecule has 0 bridgehead atoms. The molecule has 0 fully saturated rings. The van der Waals surface area contributed by atoms with Crippen LogP contribution in [0.4, 0.5) is 0 Å². The van der Waals surface area contributed by atoms with Gasteiger partial charge in [0.15, 0.2) is 0 Å². The topological polar surface area (TPSA) is 53.5 Å². The lowest BCUT2D eigenvalue weighted by molar-refractivity contribution is 0.384. The van der Waals surface area contributed by atoms with Gasteiger partial charge in [-0.15, -0.1) is 0 Å². The summed E-state index contributed by atoms with van der Waals surface area (Å²) in [7, 11) is 3.17. The van der Waals surface area contributed by atoms with Crippen molar-refractivity contribution in [1.82, 2.24) is 9.97 Å². The Morgan fingerprint density at radius 3 is 2.10 bits per heavy atom. The lowest BCUT2D eigenvalue weighted by Gasteiger charge is -2.12. The van der Waals surface area contributed by atoms with E-state index in [9.17, 15) is 0 Å². The van der Waals surface area contributed by atoms with E-state index in [1.54, 1.807) is 32.4 Å². The summed E-state index contributed by atoms with van der Waals surface area (Å²) in [5, 5.41) is 0.395. The van der Waals surface area contributed by atoms with Gasteiger partial charge in [-0.25, -0.2) is 4.98 Å². The fraction of sp³-hybridized carbons (Fsp3) is 0.333. The number of hydrogen-bond acceptors (Lipinski definition) is 5. The van der Waals surface area contributed by atoms with Crippen LogP contribution in [0.5, 0.6) is 23.1 Å². The van der Waals surface area contributed by atoms with Crippen LogP contribution in [0.2, 0.25) is 5.15 Å². The molecule has 2 aromatic rings. The van der Waals surface area contributed by atoms with E-state index < -0.39 is 0 Å². The second-order valence-electron chi connectivity index (χ2n) is 4.36. The van der Waals surface area contributed by atoms with Crippen LogP contribution in [-0.2, 0) is 6.42 Å². The quantitative estimate of drug-likeness (QED) is 0.786. The molecule has 6 heteroatoms. The van der Waals surface area contributed by atoms with Gasteiger partial charge in [-0.1, -0.05) is 18.5 Å². The van der Waals surface area contributed by atoms with Gasteiger partial charge < -0.3 is 14.2 Å². The first-order chi connectivity index (χ1) is 10.1. The van der Waals surface area contributed by atoms with Gasteiger partial charge >= 0.3 is 0 Å². The summed E-state index contributed by atoms with van der Waals surface area (Å²) >= 11 is 6.10. The van der Waals surface area contributed by atoms with E-state index in [2.05, 4.69) is 9.97 Å². The number of aryl methyl sites for hydroxylation is 1. The minimum absolute atomic E-state index is 0.395. The minimum atomic E-state index is 0.395. The van der Waals surface area contributed by atoms with Gasteiger partial charge in [0.2, 0.25) is 5.88 Å². The fourth-order valence-corrected chi connectivity index (χ4v) is 1.90. The van der Waals surface area contributed by atoms with E-state index in [1.165, 1.54) is 0 Å². The van der Waals surface area contributed by atoms with E-state index >= 15 is 0 Å². The van der Waals surface area contributed by atoms with E-state index in [0.717, 1.165) is 0 Å². The molecule has 0 saturated heterocycles. The van der Waals surface area contributed by atoms with Crippen LogP contribution < -0.4 is 14.2 Å². The maximum absolute atomic E-state index is 6.10. The van der Waals surface area contributed by atoms with Crippen LogP contribution in [0.1, 0.15) is 18.3 Å². The summed E-state index contributed by atoms with van der Waals surface area (Å²) in [6.07, 6.45) is 0.678. The van der Waals surface area contributed by atoms with Crippen molar-refractivity contribution >= 4 is 11.6 Å². The first kappa shape index (κ1) is 15.4. The van der Waals surface area contributed by atoms with Gasteiger partial charge in [-0.05, 0) is 6.92 Å². The summed E-state index contributed by atoms with van der Waals surface area (Å²) in [5.41, 5.74) is 0.690. The highest BCUT2D eigenvalue weighted by molar-refractivity contribution is 6.30. The molecule has 0 radical (unpaired) electrons. The van der Waals surface area contributed by atoms with Crippen LogP contribution in [0, 0.1) is 6.92 Å². The lowest BCUT2D eigenvalue weighted by atomic mass is 10.3. The molecule has 0 unspecified atom stereocenters. The molecule has 0 aliphatic rings. The van der Waals surface area contributed by atoms with E-state index in [4.69, 9.17) is 25.8 Å². The molecule has 21 heavy (non-hydrogen) atoms. The van der Waals surface area contributed by atoms with Crippen molar-refractivity contribution in [1.29, 1.82) is 0 Å². The predicted octanol–water partition coefficient (Wildman–Crippen LogP) is 3.81. The normalized spacial score (nSPS) is 10.3. The smallest absolute Gasteiger partial charge is 0.226 e. The zero-order chi connectivity index (χ0) is 15.4. The monoisotopic (exact) mass is 308 g/mol. The van der Waals surface area contributed by atoms with E-state index in [-0.39, 0.29) is 0 Å². The molecule has 0 atom stereocenters. The molecule has 112 valence electrons. The van der Waals surface area contributed by atoms with Crippen molar-refractivity contribution in [2.45, 2.75) is 20.3 Å². The Balaban J connectivity index is 2.39. The van der Waals surface area contributed by atoms with Crippen molar-refractivity contribution < 1.29 is 14.2 Å². The zero-order valence-electron chi connectivity index (χ0n) is 12.4. The summed E-state index contributed by atoms with van der Waals surface area (Å²) in [5.74, 6) is 2.90. The maximum Gasteiger partial charge on any atom is 0.226 e. The average Bonchev–Trinajstić information content (AvgIpc) is 2.51. The van der Waals surface area contributed by atoms with Crippen LogP contribution in [0.15, 0.2) is 18.2 Å². The Hall–Kier alpha value is -2.01. The highest BCUT2D eigenvalue weighted by Gasteiger charge is 2.12. The zero-order valence-corrected chi connectivity index (χ0v) is 13.2. The Bertz CT molecular complexity index is 625. The number of nitrogens with zero attached hydrogens (tertiary/aromatic N) is 2. The number of methoxy groups -OCH3 is 2. The van der Waals surface area contributed by atoms with Crippen molar-refractivity contribution in [3.05, 3.63) is 34.7 Å². The summed E-state index contributed by atoms with van der Waals surface area (Å²) in [6.45, 7) is 3.77. The summed E-state index contributed by atoms with van der Waals surface area (Å²) in [6, 6.07) is 5.28. The van der Waals surface area contributed by atoms with Crippen LogP contribution >= 0.6 is 11.6 Å². The second-order valence-corrected chi connectivity index (χ2v) is 4.72. The molecule has 0 N–H and O–H groups in total. The molecule has 5 nitrogen and oxygen atoms in total. The SMILES string of the molecule is CCc1nc(Cl)c(C)c(Oc2cc(OC)cc(OC)c2)n1. The van der Waals surface area contributed by atoms with Gasteiger partial charge in [0, 0.05) is 30.2 Å². The molecule has 0 aliphatic carbocycles. The highest BCUT2D eigenvalue weighted by Crippen LogP contribution is 2.32. The largest absolute Gasteiger partial charge is 0.496 e. The molecule has 0 amide bonds. The molecular formula is C15H17ClN2O3. The van der Waals surface area contributed by atoms with Crippen molar-refractivity contribution in [3.63, 3.8) is 0 Å². The molecular weight excluding hydrogens is 292 g/mol. The van der Waals surface area contributed by atoms with Crippen molar-refractivity contribution in [3.8, 4) is 23.1 Å². The molecule has 2 rings (SSSR count). The lowest BCUT2D eigenvalue weighted by Crippen LogP contribution is -2.00. The van der Waals surface area contributed by atoms with Crippen LogP contribution in [0.3, 0.4) is 0 Å². The first-order valence-corrected chi connectivity index (χ1v) is 6.89. The van der Waals surface area contributed by atoms with Crippen LogP contribution in [-0.4, -0.2) is 24.2 Å². The van der Waals surface area contributed by atoms with E-state index in [1.807, 2.05) is 13.8 Å². The minimum Gasteiger partial charge on any atom is -0.496 e. The third kappa shape index (κ3) is 3.55. The standard InChI is InChI=1S/C15H17ClN2O3/c1-5-13-17-14(16)9(2)15(18-13)21-12-7-10(19-3)6-11(8-12)20-4/h6-8H,5H2,1-4H3. The third-order valence-electron chi connectivity index (χ3n) is 2.94. The molecule has 0 spiro atoms. The highest BCUT2D eigenvalue weighted by atomic mass is 35.5. The second kappa shape index (κ2) is 6.63. The Kier molecular flexibility index (Phi) is 4.85. The Labute approximate surface area is 128 Å². The Morgan fingerprint density at radius 2 is 1.57 bits per heavy atom. The molecule has 1 aromatic carbocycles. The maximum atomic E-state index is 6.10. The predicted molar refractivity (Wildman–Crippen MR) is 80.8 cm³/mol. The van der Waals surface area contributed by atoms with Crippen molar-refractivity contribution in [2.75, 3.05) is 14.2 Å². The van der Waals surface area contributed by atoms with Gasteiger partial charge in [0.05, 0.1) is 14.2 Å². The van der Waals surface area contributed by atoms with Gasteiger partial charge in [0.25, 0.3) is 0 Å². The number of benzene rings is 1. The summed E-state index contributed by atoms with van der Waals surface area (Å²) < 4.78 is 16.3. The summed E-state index contributed by atoms with van der Waals surface area (Å²) in [4.78, 5) is 8.54.